The van der Waals surface area contributed by atoms with Crippen LogP contribution in [-0.4, -0.2) is 12.4 Å². The maximum Gasteiger partial charge on any atom is 0.168 e. The summed E-state index contributed by atoms with van der Waals surface area (Å²) in [6.07, 6.45) is 5.79. The zero-order valence-corrected chi connectivity index (χ0v) is 12.8. The minimum atomic E-state index is 0.0723. The summed E-state index contributed by atoms with van der Waals surface area (Å²) in [5, 5.41) is 0. The third-order valence-corrected chi connectivity index (χ3v) is 3.91. The van der Waals surface area contributed by atoms with Gasteiger partial charge in [-0.15, -0.1) is 0 Å². The fourth-order valence-corrected chi connectivity index (χ4v) is 2.86. The SMILES string of the molecule is NC=COc1ccc(CC=O)cc1OC1Cc2ccccc2C1. The molecule has 118 valence electrons. The predicted molar refractivity (Wildman–Crippen MR) is 88.4 cm³/mol. The van der Waals surface area contributed by atoms with E-state index in [0.717, 1.165) is 24.7 Å². The van der Waals surface area contributed by atoms with E-state index in [2.05, 4.69) is 12.1 Å². The Bertz CT molecular complexity index is 699. The Labute approximate surface area is 135 Å². The van der Waals surface area contributed by atoms with Crippen LogP contribution in [-0.2, 0) is 24.1 Å². The molecule has 0 saturated heterocycles. The lowest BCUT2D eigenvalue weighted by Gasteiger charge is -2.16. The maximum absolute atomic E-state index is 10.7. The van der Waals surface area contributed by atoms with Gasteiger partial charge < -0.3 is 20.0 Å². The Hall–Kier alpha value is -2.75. The van der Waals surface area contributed by atoms with Crippen LogP contribution >= 0.6 is 0 Å². The predicted octanol–water partition coefficient (Wildman–Crippen LogP) is 2.78. The molecule has 0 amide bonds. The molecule has 0 unspecified atom stereocenters. The first-order chi connectivity index (χ1) is 11.3. The van der Waals surface area contributed by atoms with Gasteiger partial charge in [-0.05, 0) is 28.8 Å². The lowest BCUT2D eigenvalue weighted by molar-refractivity contribution is -0.107. The van der Waals surface area contributed by atoms with Crippen LogP contribution in [0.3, 0.4) is 0 Å². The van der Waals surface area contributed by atoms with Crippen molar-refractivity contribution >= 4 is 6.29 Å². The van der Waals surface area contributed by atoms with E-state index in [1.165, 1.54) is 23.6 Å². The number of aldehydes is 1. The van der Waals surface area contributed by atoms with Gasteiger partial charge in [0.2, 0.25) is 0 Å². The first-order valence-electron chi connectivity index (χ1n) is 7.63. The van der Waals surface area contributed by atoms with Crippen LogP contribution in [0.25, 0.3) is 0 Å². The molecule has 0 spiro atoms. The molecule has 2 aromatic carbocycles. The average molecular weight is 309 g/mol. The third kappa shape index (κ3) is 3.54. The second-order valence-electron chi connectivity index (χ2n) is 5.52. The van der Waals surface area contributed by atoms with Gasteiger partial charge in [0.05, 0.1) is 0 Å². The molecule has 0 atom stereocenters. The molecule has 2 aromatic rings. The first kappa shape index (κ1) is 15.2. The van der Waals surface area contributed by atoms with E-state index < -0.39 is 0 Å². The van der Waals surface area contributed by atoms with Crippen LogP contribution in [0.15, 0.2) is 54.9 Å². The van der Waals surface area contributed by atoms with Gasteiger partial charge in [0, 0.05) is 25.5 Å². The number of benzene rings is 2. The van der Waals surface area contributed by atoms with Crippen LogP contribution in [0.4, 0.5) is 0 Å². The lowest BCUT2D eigenvalue weighted by Crippen LogP contribution is -2.16. The van der Waals surface area contributed by atoms with Crippen molar-refractivity contribution in [3.8, 4) is 11.5 Å². The molecule has 0 fully saturated rings. The molecule has 0 saturated carbocycles. The second kappa shape index (κ2) is 7.01. The zero-order valence-electron chi connectivity index (χ0n) is 12.8. The Morgan fingerprint density at radius 3 is 2.48 bits per heavy atom. The molecule has 4 nitrogen and oxygen atoms in total. The largest absolute Gasteiger partial charge is 0.486 e. The van der Waals surface area contributed by atoms with Crippen molar-refractivity contribution in [2.45, 2.75) is 25.4 Å². The molecule has 23 heavy (non-hydrogen) atoms. The first-order valence-corrected chi connectivity index (χ1v) is 7.63. The summed E-state index contributed by atoms with van der Waals surface area (Å²) in [4.78, 5) is 10.7. The number of fused-ring (bicyclic) bond motifs is 1. The number of nitrogens with two attached hydrogens (primary N) is 1. The molecule has 4 heteroatoms. The molecule has 1 aliphatic rings. The van der Waals surface area contributed by atoms with Gasteiger partial charge in [0.25, 0.3) is 0 Å². The normalized spacial score (nSPS) is 13.9. The quantitative estimate of drug-likeness (QED) is 0.658. The number of carbonyl (C=O) groups excluding carboxylic acids is 1. The molecule has 0 radical (unpaired) electrons. The van der Waals surface area contributed by atoms with Crippen LogP contribution in [0.2, 0.25) is 0 Å². The summed E-state index contributed by atoms with van der Waals surface area (Å²) < 4.78 is 11.6. The average Bonchev–Trinajstić information content (AvgIpc) is 2.97. The molecule has 0 aliphatic heterocycles. The van der Waals surface area contributed by atoms with Gasteiger partial charge in [0.1, 0.15) is 18.7 Å². The van der Waals surface area contributed by atoms with Crippen molar-refractivity contribution in [1.29, 1.82) is 0 Å². The van der Waals surface area contributed by atoms with Gasteiger partial charge in [-0.1, -0.05) is 30.3 Å². The fourth-order valence-electron chi connectivity index (χ4n) is 2.86. The number of ether oxygens (including phenoxy) is 2. The minimum Gasteiger partial charge on any atom is -0.486 e. The maximum atomic E-state index is 10.7. The van der Waals surface area contributed by atoms with Crippen LogP contribution in [0.1, 0.15) is 16.7 Å². The summed E-state index contributed by atoms with van der Waals surface area (Å²) in [7, 11) is 0. The highest BCUT2D eigenvalue weighted by atomic mass is 16.5. The van der Waals surface area contributed by atoms with Crippen LogP contribution in [0, 0.1) is 0 Å². The highest BCUT2D eigenvalue weighted by Crippen LogP contribution is 2.33. The molecular weight excluding hydrogens is 290 g/mol. The molecule has 0 heterocycles. The van der Waals surface area contributed by atoms with E-state index in [9.17, 15) is 4.79 Å². The van der Waals surface area contributed by atoms with Crippen molar-refractivity contribution in [2.75, 3.05) is 0 Å². The highest BCUT2D eigenvalue weighted by molar-refractivity contribution is 5.57. The van der Waals surface area contributed by atoms with Crippen molar-refractivity contribution in [2.24, 2.45) is 5.73 Å². The molecular formula is C19H19NO3. The van der Waals surface area contributed by atoms with Crippen LogP contribution in [0.5, 0.6) is 11.5 Å². The van der Waals surface area contributed by atoms with Crippen molar-refractivity contribution < 1.29 is 14.3 Å². The van der Waals surface area contributed by atoms with E-state index in [1.807, 2.05) is 24.3 Å². The van der Waals surface area contributed by atoms with Gasteiger partial charge in [-0.2, -0.15) is 0 Å². The third-order valence-electron chi connectivity index (χ3n) is 3.91. The smallest absolute Gasteiger partial charge is 0.168 e. The molecule has 0 bridgehead atoms. The number of rotatable bonds is 6. The Kier molecular flexibility index (Phi) is 4.62. The lowest BCUT2D eigenvalue weighted by atomic mass is 10.1. The van der Waals surface area contributed by atoms with Crippen molar-refractivity contribution in [3.05, 3.63) is 71.6 Å². The van der Waals surface area contributed by atoms with E-state index in [-0.39, 0.29) is 6.10 Å². The van der Waals surface area contributed by atoms with Gasteiger partial charge >= 0.3 is 0 Å². The summed E-state index contributed by atoms with van der Waals surface area (Å²) in [5.74, 6) is 1.23. The highest BCUT2D eigenvalue weighted by Gasteiger charge is 2.23. The molecule has 3 rings (SSSR count). The monoisotopic (exact) mass is 309 g/mol. The molecule has 1 aliphatic carbocycles. The number of hydrogen-bond donors (Lipinski definition) is 1. The van der Waals surface area contributed by atoms with Gasteiger partial charge in [0.15, 0.2) is 11.5 Å². The van der Waals surface area contributed by atoms with E-state index in [0.29, 0.717) is 17.9 Å². The van der Waals surface area contributed by atoms with Crippen molar-refractivity contribution in [3.63, 3.8) is 0 Å². The number of hydrogen-bond acceptors (Lipinski definition) is 4. The summed E-state index contributed by atoms with van der Waals surface area (Å²) in [5.41, 5.74) is 8.88. The Morgan fingerprint density at radius 1 is 1.09 bits per heavy atom. The van der Waals surface area contributed by atoms with E-state index in [1.54, 1.807) is 6.07 Å². The summed E-state index contributed by atoms with van der Waals surface area (Å²) in [6.45, 7) is 0. The van der Waals surface area contributed by atoms with Crippen molar-refractivity contribution in [1.82, 2.24) is 0 Å². The van der Waals surface area contributed by atoms with E-state index >= 15 is 0 Å². The summed E-state index contributed by atoms with van der Waals surface area (Å²) in [6, 6.07) is 13.9. The van der Waals surface area contributed by atoms with E-state index in [4.69, 9.17) is 15.2 Å². The van der Waals surface area contributed by atoms with Crippen LogP contribution < -0.4 is 15.2 Å². The molecule has 0 aromatic heterocycles. The minimum absolute atomic E-state index is 0.0723. The standard InChI is InChI=1S/C19H19NO3/c20-8-10-22-18-6-5-14(7-9-21)11-19(18)23-17-12-15-3-1-2-4-16(15)13-17/h1-6,8-11,17H,7,12-13,20H2. The molecule has 2 N–H and O–H groups in total. The summed E-state index contributed by atoms with van der Waals surface area (Å²) >= 11 is 0. The zero-order chi connectivity index (χ0) is 16.1. The van der Waals surface area contributed by atoms with Gasteiger partial charge in [-0.3, -0.25) is 0 Å². The Balaban J connectivity index is 1.80. The fraction of sp³-hybridized carbons (Fsp3) is 0.211. The number of carbonyl (C=O) groups is 1. The van der Waals surface area contributed by atoms with Gasteiger partial charge in [-0.25, -0.2) is 0 Å². The Morgan fingerprint density at radius 2 is 1.83 bits per heavy atom. The second-order valence-corrected chi connectivity index (χ2v) is 5.52. The topological polar surface area (TPSA) is 61.5 Å².